The maximum atomic E-state index is 13.0. The second kappa shape index (κ2) is 8.24. The van der Waals surface area contributed by atoms with Crippen molar-refractivity contribution in [2.45, 2.75) is 64.8 Å². The van der Waals surface area contributed by atoms with Gasteiger partial charge in [-0.15, -0.1) is 0 Å². The Bertz CT molecular complexity index is 873. The number of pyridine rings is 1. The fourth-order valence-corrected chi connectivity index (χ4v) is 4.30. The molecule has 2 aliphatic heterocycles. The lowest BCUT2D eigenvalue weighted by Crippen LogP contribution is -2.67. The van der Waals surface area contributed by atoms with E-state index in [9.17, 15) is 4.79 Å². The third-order valence-corrected chi connectivity index (χ3v) is 5.73. The molecule has 4 rings (SSSR count). The van der Waals surface area contributed by atoms with Crippen LogP contribution in [0.2, 0.25) is 0 Å². The van der Waals surface area contributed by atoms with E-state index in [2.05, 4.69) is 23.1 Å². The van der Waals surface area contributed by atoms with Crippen LogP contribution in [0, 0.1) is 13.8 Å². The van der Waals surface area contributed by atoms with E-state index in [0.29, 0.717) is 43.3 Å². The number of aryl methyl sites for hydroxylation is 3. The summed E-state index contributed by atoms with van der Waals surface area (Å²) in [4.78, 5) is 19.0. The summed E-state index contributed by atoms with van der Waals surface area (Å²) in [6.45, 7) is 8.31. The Morgan fingerprint density at radius 3 is 2.93 bits per heavy atom. The van der Waals surface area contributed by atoms with E-state index < -0.39 is 0 Å². The summed E-state index contributed by atoms with van der Waals surface area (Å²) in [6, 6.07) is 2.10. The fraction of sp³-hybridized carbons (Fsp3) is 0.591. The van der Waals surface area contributed by atoms with E-state index in [1.54, 1.807) is 0 Å². The molecule has 1 amide bonds. The third-order valence-electron chi connectivity index (χ3n) is 5.73. The van der Waals surface area contributed by atoms with Crippen molar-refractivity contribution in [3.63, 3.8) is 0 Å². The van der Waals surface area contributed by atoms with Gasteiger partial charge in [-0.05, 0) is 37.8 Å². The van der Waals surface area contributed by atoms with E-state index >= 15 is 0 Å². The number of carbonyl (C=O) groups excluding carboxylic acids is 1. The highest BCUT2D eigenvalue weighted by molar-refractivity contribution is 5.96. The molecule has 2 aliphatic rings. The maximum absolute atomic E-state index is 13.0. The number of likely N-dealkylation sites (tertiary alicyclic amines) is 1. The van der Waals surface area contributed by atoms with Crippen molar-refractivity contribution in [2.75, 3.05) is 19.7 Å². The average molecular weight is 399 g/mol. The molecule has 2 aromatic heterocycles. The lowest BCUT2D eigenvalue weighted by Gasteiger charge is -2.53. The lowest BCUT2D eigenvalue weighted by atomic mass is 9.84. The second-order valence-electron chi connectivity index (χ2n) is 8.31. The van der Waals surface area contributed by atoms with Gasteiger partial charge in [-0.1, -0.05) is 18.1 Å². The summed E-state index contributed by atoms with van der Waals surface area (Å²) in [5, 5.41) is 3.99. The van der Waals surface area contributed by atoms with Gasteiger partial charge in [0.15, 0.2) is 0 Å². The Morgan fingerprint density at radius 2 is 2.17 bits per heavy atom. The average Bonchev–Trinajstić information content (AvgIpc) is 3.05. The molecule has 1 atom stereocenters. The molecule has 0 unspecified atom stereocenters. The molecule has 2 aromatic rings. The first kappa shape index (κ1) is 20.0. The summed E-state index contributed by atoms with van der Waals surface area (Å²) < 4.78 is 17.6. The number of nitrogens with zero attached hydrogens (tertiary/aromatic N) is 3. The molecule has 2 saturated heterocycles. The summed E-state index contributed by atoms with van der Waals surface area (Å²) in [7, 11) is 0. The molecule has 0 N–H and O–H groups in total. The van der Waals surface area contributed by atoms with E-state index in [4.69, 9.17) is 14.0 Å². The topological polar surface area (TPSA) is 77.7 Å². The normalized spacial score (nSPS) is 20.7. The van der Waals surface area contributed by atoms with Crippen molar-refractivity contribution in [3.05, 3.63) is 46.6 Å². The van der Waals surface area contributed by atoms with Gasteiger partial charge in [0.25, 0.3) is 5.91 Å². The number of hydrogen-bond donors (Lipinski definition) is 0. The van der Waals surface area contributed by atoms with Crippen LogP contribution in [0.5, 0.6) is 0 Å². The summed E-state index contributed by atoms with van der Waals surface area (Å²) >= 11 is 0. The first-order chi connectivity index (χ1) is 14.0. The first-order valence-corrected chi connectivity index (χ1v) is 10.4. The molecule has 4 heterocycles. The molecule has 0 aliphatic carbocycles. The number of hydrogen-bond acceptors (Lipinski definition) is 6. The lowest BCUT2D eigenvalue weighted by molar-refractivity contribution is -0.188. The Labute approximate surface area is 171 Å². The highest BCUT2D eigenvalue weighted by Crippen LogP contribution is 2.37. The molecule has 29 heavy (non-hydrogen) atoms. The van der Waals surface area contributed by atoms with Crippen LogP contribution in [0.3, 0.4) is 0 Å². The first-order valence-electron chi connectivity index (χ1n) is 10.4. The smallest absolute Gasteiger partial charge is 0.259 e. The standard InChI is InChI=1S/C22H29N3O4/c1-4-5-19-20(16(3)24-29-19)21(26)25-13-22(14-25)9-18(6-7-28-22)27-12-17-8-15(2)10-23-11-17/h8,10-11,18H,4-7,9,12-14H2,1-3H3/t18-/m0/s1. The SMILES string of the molecule is CCCc1onc(C)c1C(=O)N1CC2(C[C@@H](OCc3cncc(C)c3)CCO2)C1. The van der Waals surface area contributed by atoms with Crippen LogP contribution < -0.4 is 0 Å². The molecule has 7 heteroatoms. The number of amides is 1. The van der Waals surface area contributed by atoms with Crippen LogP contribution in [0.15, 0.2) is 23.0 Å². The molecule has 0 radical (unpaired) electrons. The van der Waals surface area contributed by atoms with Gasteiger partial charge in [0.05, 0.1) is 31.5 Å². The molecule has 156 valence electrons. The highest BCUT2D eigenvalue weighted by atomic mass is 16.5. The molecular weight excluding hydrogens is 370 g/mol. The van der Waals surface area contributed by atoms with E-state index in [-0.39, 0.29) is 17.6 Å². The molecule has 2 fully saturated rings. The second-order valence-corrected chi connectivity index (χ2v) is 8.31. The molecular formula is C22H29N3O4. The van der Waals surface area contributed by atoms with Crippen molar-refractivity contribution >= 4 is 5.91 Å². The van der Waals surface area contributed by atoms with Crippen LogP contribution in [0.4, 0.5) is 0 Å². The van der Waals surface area contributed by atoms with Gasteiger partial charge in [-0.25, -0.2) is 0 Å². The summed E-state index contributed by atoms with van der Waals surface area (Å²) in [6.07, 6.45) is 7.14. The van der Waals surface area contributed by atoms with E-state index in [0.717, 1.165) is 36.8 Å². The van der Waals surface area contributed by atoms with Crippen molar-refractivity contribution in [1.29, 1.82) is 0 Å². The van der Waals surface area contributed by atoms with Gasteiger partial charge >= 0.3 is 0 Å². The molecule has 7 nitrogen and oxygen atoms in total. The van der Waals surface area contributed by atoms with Crippen LogP contribution in [0.25, 0.3) is 0 Å². The van der Waals surface area contributed by atoms with E-state index in [1.165, 1.54) is 0 Å². The zero-order valence-corrected chi connectivity index (χ0v) is 17.4. The van der Waals surface area contributed by atoms with Crippen LogP contribution >= 0.6 is 0 Å². The minimum atomic E-state index is -0.292. The number of aromatic nitrogens is 2. The van der Waals surface area contributed by atoms with E-state index in [1.807, 2.05) is 31.1 Å². The van der Waals surface area contributed by atoms with Gasteiger partial charge in [0.1, 0.15) is 16.9 Å². The Morgan fingerprint density at radius 1 is 1.34 bits per heavy atom. The van der Waals surface area contributed by atoms with Gasteiger partial charge in [-0.3, -0.25) is 9.78 Å². The Balaban J connectivity index is 1.34. The zero-order valence-electron chi connectivity index (χ0n) is 17.4. The number of carbonyl (C=O) groups is 1. The van der Waals surface area contributed by atoms with Crippen LogP contribution in [-0.2, 0) is 22.5 Å². The van der Waals surface area contributed by atoms with Crippen molar-refractivity contribution in [3.8, 4) is 0 Å². The van der Waals surface area contributed by atoms with Crippen LogP contribution in [-0.4, -0.2) is 52.3 Å². The third kappa shape index (κ3) is 4.21. The Kier molecular flexibility index (Phi) is 5.69. The minimum Gasteiger partial charge on any atom is -0.373 e. The van der Waals surface area contributed by atoms with Crippen molar-refractivity contribution < 1.29 is 18.8 Å². The zero-order chi connectivity index (χ0) is 20.4. The largest absolute Gasteiger partial charge is 0.373 e. The predicted octanol–water partition coefficient (Wildman–Crippen LogP) is 3.23. The predicted molar refractivity (Wildman–Crippen MR) is 107 cm³/mol. The van der Waals surface area contributed by atoms with Crippen LogP contribution in [0.1, 0.15) is 59.1 Å². The van der Waals surface area contributed by atoms with Gasteiger partial charge in [0, 0.05) is 31.8 Å². The highest BCUT2D eigenvalue weighted by Gasteiger charge is 2.50. The molecule has 1 spiro atoms. The molecule has 0 saturated carbocycles. The van der Waals surface area contributed by atoms with Gasteiger partial charge in [-0.2, -0.15) is 0 Å². The van der Waals surface area contributed by atoms with Crippen molar-refractivity contribution in [1.82, 2.24) is 15.0 Å². The van der Waals surface area contributed by atoms with Gasteiger partial charge < -0.3 is 18.9 Å². The molecule has 0 aromatic carbocycles. The summed E-state index contributed by atoms with van der Waals surface area (Å²) in [5.41, 5.74) is 3.21. The quantitative estimate of drug-likeness (QED) is 0.742. The summed E-state index contributed by atoms with van der Waals surface area (Å²) in [5.74, 6) is 0.684. The fourth-order valence-electron chi connectivity index (χ4n) is 4.30. The number of rotatable bonds is 6. The number of ether oxygens (including phenoxy) is 2. The monoisotopic (exact) mass is 399 g/mol. The van der Waals surface area contributed by atoms with Crippen molar-refractivity contribution in [2.24, 2.45) is 0 Å². The Hall–Kier alpha value is -2.25. The molecule has 0 bridgehead atoms. The maximum Gasteiger partial charge on any atom is 0.259 e. The minimum absolute atomic E-state index is 0.00435. The van der Waals surface area contributed by atoms with Gasteiger partial charge in [0.2, 0.25) is 0 Å².